The minimum atomic E-state index is -1.01. The van der Waals surface area contributed by atoms with Crippen molar-refractivity contribution in [1.82, 2.24) is 19.1 Å². The predicted octanol–water partition coefficient (Wildman–Crippen LogP) is -2.40. The van der Waals surface area contributed by atoms with Gasteiger partial charge in [0.25, 0.3) is 5.56 Å². The van der Waals surface area contributed by atoms with Gasteiger partial charge in [-0.05, 0) is 0 Å². The molecular formula is C12H17N5O5Sn. The molecule has 0 unspecified atom stereocenters. The molecule has 0 spiro atoms. The average Bonchev–Trinajstić information content (AvgIpc) is 3.05. The third kappa shape index (κ3) is 2.74. The van der Waals surface area contributed by atoms with Crippen LogP contribution in [0.3, 0.4) is 0 Å². The molecule has 11 heteroatoms. The van der Waals surface area contributed by atoms with Crippen LogP contribution in [0.25, 0.3) is 11.2 Å². The Hall–Kier alpha value is -1.21. The number of rotatable bonds is 3. The molecule has 10 nitrogen and oxygen atoms in total. The Kier molecular flexibility index (Phi) is 5.30. The van der Waals surface area contributed by atoms with Crippen LogP contribution in [0.5, 0.6) is 0 Å². The predicted molar refractivity (Wildman–Crippen MR) is 80.7 cm³/mol. The van der Waals surface area contributed by atoms with Gasteiger partial charge in [0.1, 0.15) is 18.3 Å². The van der Waals surface area contributed by atoms with E-state index >= 15 is 0 Å². The molecule has 1 fully saturated rings. The average molecular weight is 430 g/mol. The Morgan fingerprint density at radius 3 is 2.83 bits per heavy atom. The molecule has 0 saturated carbocycles. The summed E-state index contributed by atoms with van der Waals surface area (Å²) in [6, 6.07) is 0. The Balaban J connectivity index is 0.00000192. The van der Waals surface area contributed by atoms with E-state index < -0.39 is 24.5 Å². The first-order valence-electron chi connectivity index (χ1n) is 6.65. The number of anilines is 1. The van der Waals surface area contributed by atoms with Gasteiger partial charge in [0.2, 0.25) is 5.95 Å². The van der Waals surface area contributed by atoms with Crippen LogP contribution in [-0.4, -0.2) is 85.3 Å². The Bertz CT molecular complexity index is 762. The summed E-state index contributed by atoms with van der Waals surface area (Å²) in [6.07, 6.45) is -1.94. The van der Waals surface area contributed by atoms with Crippen molar-refractivity contribution in [2.45, 2.75) is 24.5 Å². The fourth-order valence-corrected chi connectivity index (χ4v) is 2.60. The topological polar surface area (TPSA) is 138 Å². The molecule has 2 aromatic heterocycles. The van der Waals surface area contributed by atoms with E-state index in [0.29, 0.717) is 0 Å². The first kappa shape index (κ1) is 18.1. The van der Waals surface area contributed by atoms with E-state index in [1.807, 2.05) is 0 Å². The second kappa shape index (κ2) is 6.73. The molecule has 1 aliphatic rings. The fraction of sp³-hybridized carbons (Fsp3) is 0.583. The zero-order valence-corrected chi connectivity index (χ0v) is 15.4. The third-order valence-corrected chi connectivity index (χ3v) is 3.88. The molecule has 1 aliphatic heterocycles. The fourth-order valence-electron chi connectivity index (χ4n) is 2.60. The summed E-state index contributed by atoms with van der Waals surface area (Å²) in [4.78, 5) is 20.3. The molecule has 4 N–H and O–H groups in total. The van der Waals surface area contributed by atoms with E-state index in [0.717, 1.165) is 0 Å². The number of nitrogens with two attached hydrogens (primary N) is 1. The molecule has 1 saturated heterocycles. The van der Waals surface area contributed by atoms with E-state index in [1.165, 1.54) is 29.6 Å². The van der Waals surface area contributed by atoms with Crippen LogP contribution in [0, 0.1) is 0 Å². The summed E-state index contributed by atoms with van der Waals surface area (Å²) in [5, 5.41) is 19.3. The van der Waals surface area contributed by atoms with Gasteiger partial charge < -0.3 is 25.4 Å². The van der Waals surface area contributed by atoms with E-state index in [9.17, 15) is 15.0 Å². The molecule has 0 aromatic carbocycles. The summed E-state index contributed by atoms with van der Waals surface area (Å²) in [7, 11) is 2.92. The number of aromatic nitrogens is 4. The van der Waals surface area contributed by atoms with Gasteiger partial charge >= 0.3 is 0 Å². The van der Waals surface area contributed by atoms with Gasteiger partial charge in [0.05, 0.1) is 12.9 Å². The SMILES string of the molecule is CO[C@@H]1[C@H](O)[C@@H](CO)O[C@H]1n1cnc2c(=O)n(C)c(N)nc21.[Sn]. The van der Waals surface area contributed by atoms with Gasteiger partial charge in [-0.1, -0.05) is 0 Å². The smallest absolute Gasteiger partial charge is 0.282 e. The number of methoxy groups -OCH3 is 1. The van der Waals surface area contributed by atoms with Crippen LogP contribution in [-0.2, 0) is 16.5 Å². The molecule has 3 rings (SSSR count). The molecule has 4 radical (unpaired) electrons. The first-order valence-corrected chi connectivity index (χ1v) is 6.65. The second-order valence-corrected chi connectivity index (χ2v) is 5.10. The van der Waals surface area contributed by atoms with Gasteiger partial charge in [0, 0.05) is 38.1 Å². The van der Waals surface area contributed by atoms with Gasteiger partial charge in [-0.2, -0.15) is 4.98 Å². The third-order valence-electron chi connectivity index (χ3n) is 3.88. The molecule has 124 valence electrons. The number of hydrogen-bond acceptors (Lipinski definition) is 8. The normalized spacial score (nSPS) is 27.3. The summed E-state index contributed by atoms with van der Waals surface area (Å²) in [5.41, 5.74) is 5.70. The Morgan fingerprint density at radius 2 is 2.22 bits per heavy atom. The van der Waals surface area contributed by atoms with Crippen molar-refractivity contribution < 1.29 is 19.7 Å². The number of nitrogen functional groups attached to an aromatic ring is 1. The van der Waals surface area contributed by atoms with Crippen LogP contribution in [0.1, 0.15) is 6.23 Å². The van der Waals surface area contributed by atoms with E-state index in [4.69, 9.17) is 15.2 Å². The van der Waals surface area contributed by atoms with Crippen LogP contribution >= 0.6 is 0 Å². The molecule has 0 bridgehead atoms. The number of imidazole rings is 1. The van der Waals surface area contributed by atoms with Crippen LogP contribution in [0.4, 0.5) is 5.95 Å². The van der Waals surface area contributed by atoms with Crippen molar-refractivity contribution in [2.24, 2.45) is 7.05 Å². The molecular weight excluding hydrogens is 413 g/mol. The van der Waals surface area contributed by atoms with Crippen molar-refractivity contribution in [1.29, 1.82) is 0 Å². The quantitative estimate of drug-likeness (QED) is 0.459. The number of nitrogens with zero attached hydrogens (tertiary/aromatic N) is 4. The molecule has 0 aliphatic carbocycles. The Labute approximate surface area is 147 Å². The van der Waals surface area contributed by atoms with E-state index in [-0.39, 0.29) is 53.2 Å². The van der Waals surface area contributed by atoms with Crippen molar-refractivity contribution >= 4 is 41.0 Å². The number of ether oxygens (including phenoxy) is 2. The number of aliphatic hydroxyl groups excluding tert-OH is 2. The molecule has 4 atom stereocenters. The van der Waals surface area contributed by atoms with Gasteiger partial charge in [0.15, 0.2) is 17.4 Å². The molecule has 23 heavy (non-hydrogen) atoms. The van der Waals surface area contributed by atoms with Crippen LogP contribution in [0.15, 0.2) is 11.1 Å². The minimum absolute atomic E-state index is 0. The number of hydrogen-bond donors (Lipinski definition) is 3. The summed E-state index contributed by atoms with van der Waals surface area (Å²) >= 11 is 0. The summed E-state index contributed by atoms with van der Waals surface area (Å²) < 4.78 is 13.5. The largest absolute Gasteiger partial charge is 0.394 e. The van der Waals surface area contributed by atoms with E-state index in [1.54, 1.807) is 0 Å². The maximum Gasteiger partial charge on any atom is 0.282 e. The van der Waals surface area contributed by atoms with Gasteiger partial charge in [-0.15, -0.1) is 0 Å². The standard InChI is InChI=1S/C12H17N5O5.Sn/c1-16-10(20)6-9(15-12(16)13)17(4-14-6)11-8(21-2)7(19)5(3-18)22-11;/h4-5,7-8,11,18-19H,3H2,1-2H3,(H2,13,15);/t5-,7-,8-,11-;/m1./s1. The van der Waals surface area contributed by atoms with Crippen molar-refractivity contribution in [2.75, 3.05) is 19.5 Å². The van der Waals surface area contributed by atoms with Gasteiger partial charge in [-0.25, -0.2) is 4.98 Å². The van der Waals surface area contributed by atoms with Crippen LogP contribution < -0.4 is 11.3 Å². The summed E-state index contributed by atoms with van der Waals surface area (Å²) in [6.45, 7) is -0.360. The first-order chi connectivity index (χ1) is 10.5. The molecule has 2 aromatic rings. The zero-order valence-electron chi connectivity index (χ0n) is 12.6. The van der Waals surface area contributed by atoms with Crippen molar-refractivity contribution in [3.8, 4) is 0 Å². The van der Waals surface area contributed by atoms with E-state index in [2.05, 4.69) is 9.97 Å². The molecule has 3 heterocycles. The Morgan fingerprint density at radius 1 is 1.52 bits per heavy atom. The van der Waals surface area contributed by atoms with Crippen molar-refractivity contribution in [3.05, 3.63) is 16.7 Å². The monoisotopic (exact) mass is 431 g/mol. The maximum absolute atomic E-state index is 12.1. The minimum Gasteiger partial charge on any atom is -0.394 e. The second-order valence-electron chi connectivity index (χ2n) is 5.10. The zero-order chi connectivity index (χ0) is 16.0. The molecule has 0 amide bonds. The van der Waals surface area contributed by atoms with Crippen LogP contribution in [0.2, 0.25) is 0 Å². The maximum atomic E-state index is 12.1. The summed E-state index contributed by atoms with van der Waals surface area (Å²) in [5.74, 6) is 0.0328. The number of fused-ring (bicyclic) bond motifs is 1. The van der Waals surface area contributed by atoms with Gasteiger partial charge in [-0.3, -0.25) is 13.9 Å². The number of aliphatic hydroxyl groups is 2. The van der Waals surface area contributed by atoms with Crippen molar-refractivity contribution in [3.63, 3.8) is 0 Å².